The summed E-state index contributed by atoms with van der Waals surface area (Å²) in [7, 11) is 0. The lowest BCUT2D eigenvalue weighted by Gasteiger charge is -2.10. The molecule has 0 atom stereocenters. The Kier molecular flexibility index (Phi) is 8.37. The predicted octanol–water partition coefficient (Wildman–Crippen LogP) is 4.44. The summed E-state index contributed by atoms with van der Waals surface area (Å²) >= 11 is 0. The SMILES string of the molecule is O=C(C1=CC=CCC1)c1nc(C(=O)c2ccccc2)nc(C(=O)c2nc(C(=O)c3ccccc3)nc(C(=O)c3ccccc3)n2)n1. The van der Waals surface area contributed by atoms with Gasteiger partial charge in [0.25, 0.3) is 5.78 Å². The van der Waals surface area contributed by atoms with Gasteiger partial charge in [-0.25, -0.2) is 29.9 Å². The third-order valence-electron chi connectivity index (χ3n) is 6.90. The lowest BCUT2D eigenvalue weighted by atomic mass is 10.0. The fraction of sp³-hybridized carbons (Fsp3) is 0.0571. The second kappa shape index (κ2) is 13.0. The Morgan fingerprint density at radius 3 is 1.07 bits per heavy atom. The number of carbonyl (C=O) groups is 5. The van der Waals surface area contributed by atoms with Crippen LogP contribution in [0.15, 0.2) is 115 Å². The summed E-state index contributed by atoms with van der Waals surface area (Å²) < 4.78 is 0. The van der Waals surface area contributed by atoms with Crippen LogP contribution in [0.25, 0.3) is 0 Å². The quantitative estimate of drug-likeness (QED) is 0.207. The van der Waals surface area contributed by atoms with Gasteiger partial charge in [0, 0.05) is 22.3 Å². The van der Waals surface area contributed by atoms with Gasteiger partial charge < -0.3 is 0 Å². The van der Waals surface area contributed by atoms with Crippen LogP contribution < -0.4 is 0 Å². The number of carbonyl (C=O) groups excluding carboxylic acids is 5. The van der Waals surface area contributed by atoms with E-state index >= 15 is 0 Å². The van der Waals surface area contributed by atoms with Gasteiger partial charge in [-0.2, -0.15) is 0 Å². The number of ketones is 5. The zero-order valence-electron chi connectivity index (χ0n) is 24.0. The van der Waals surface area contributed by atoms with Crippen molar-refractivity contribution < 1.29 is 24.0 Å². The van der Waals surface area contributed by atoms with E-state index in [9.17, 15) is 24.0 Å². The molecule has 0 aliphatic heterocycles. The number of hydrogen-bond donors (Lipinski definition) is 0. The topological polar surface area (TPSA) is 163 Å². The van der Waals surface area contributed by atoms with E-state index < -0.39 is 63.9 Å². The maximum atomic E-state index is 14.0. The maximum Gasteiger partial charge on any atom is 0.267 e. The van der Waals surface area contributed by atoms with Gasteiger partial charge in [0.1, 0.15) is 0 Å². The van der Waals surface area contributed by atoms with Crippen LogP contribution in [0.3, 0.4) is 0 Å². The number of rotatable bonds is 10. The minimum atomic E-state index is -1.05. The van der Waals surface area contributed by atoms with Crippen molar-refractivity contribution >= 4 is 28.9 Å². The molecule has 3 aromatic carbocycles. The Bertz CT molecular complexity index is 2010. The summed E-state index contributed by atoms with van der Waals surface area (Å²) in [5.74, 6) is -6.67. The van der Waals surface area contributed by atoms with Gasteiger partial charge in [0.2, 0.25) is 58.1 Å². The van der Waals surface area contributed by atoms with Crippen molar-refractivity contribution in [3.63, 3.8) is 0 Å². The number of Topliss-reactive ketones (excluding diaryl/α,β-unsaturated/α-hetero) is 1. The van der Waals surface area contributed by atoms with Crippen LogP contribution in [0.2, 0.25) is 0 Å². The van der Waals surface area contributed by atoms with Gasteiger partial charge in [0.05, 0.1) is 0 Å². The molecule has 0 fully saturated rings. The Labute approximate surface area is 261 Å². The summed E-state index contributed by atoms with van der Waals surface area (Å²) in [6, 6.07) is 24.2. The van der Waals surface area contributed by atoms with Gasteiger partial charge in [0.15, 0.2) is 0 Å². The Hall–Kier alpha value is -6.49. The first-order valence-corrected chi connectivity index (χ1v) is 14.2. The summed E-state index contributed by atoms with van der Waals surface area (Å²) in [6.07, 6.45) is 6.26. The van der Waals surface area contributed by atoms with Crippen LogP contribution in [-0.4, -0.2) is 58.8 Å². The molecular weight excluding hydrogens is 584 g/mol. The van der Waals surface area contributed by atoms with Gasteiger partial charge in [-0.1, -0.05) is 109 Å². The van der Waals surface area contributed by atoms with E-state index in [1.807, 2.05) is 6.08 Å². The van der Waals surface area contributed by atoms with Crippen molar-refractivity contribution in [1.29, 1.82) is 0 Å². The van der Waals surface area contributed by atoms with E-state index in [0.717, 1.165) is 0 Å². The molecule has 2 heterocycles. The van der Waals surface area contributed by atoms with Crippen LogP contribution in [-0.2, 0) is 0 Å². The number of aromatic nitrogens is 6. The summed E-state index contributed by atoms with van der Waals surface area (Å²) in [5, 5.41) is 0. The molecule has 222 valence electrons. The van der Waals surface area contributed by atoms with E-state index in [-0.39, 0.29) is 16.7 Å². The van der Waals surface area contributed by atoms with E-state index in [1.165, 1.54) is 24.3 Å². The molecule has 0 amide bonds. The minimum Gasteiger partial charge on any atom is -0.285 e. The van der Waals surface area contributed by atoms with Crippen molar-refractivity contribution in [3.8, 4) is 0 Å². The van der Waals surface area contributed by atoms with Crippen molar-refractivity contribution in [2.45, 2.75) is 12.8 Å². The fourth-order valence-corrected chi connectivity index (χ4v) is 4.55. The van der Waals surface area contributed by atoms with Crippen molar-refractivity contribution in [2.24, 2.45) is 0 Å². The van der Waals surface area contributed by atoms with Crippen molar-refractivity contribution in [2.75, 3.05) is 0 Å². The van der Waals surface area contributed by atoms with Gasteiger partial charge in [-0.05, 0) is 12.8 Å². The molecule has 0 unspecified atom stereocenters. The Morgan fingerprint density at radius 2 is 0.739 bits per heavy atom. The molecule has 2 aromatic heterocycles. The summed E-state index contributed by atoms with van der Waals surface area (Å²) in [6.45, 7) is 0. The average Bonchev–Trinajstić information content (AvgIpc) is 3.14. The standard InChI is InChI=1S/C35H22N6O5/c42-25(21-13-5-1-6-14-21)30-36-31(26(43)22-15-7-2-8-16-22)39-34(38-30)29(46)35-40-32(27(44)23-17-9-3-10-18-23)37-33(41-35)28(45)24-19-11-4-12-20-24/h1-11,13-19H,12,20H2. The van der Waals surface area contributed by atoms with E-state index in [1.54, 1.807) is 78.9 Å². The zero-order chi connectivity index (χ0) is 32.0. The number of benzene rings is 3. The van der Waals surface area contributed by atoms with Crippen LogP contribution in [0, 0.1) is 0 Å². The zero-order valence-corrected chi connectivity index (χ0v) is 24.0. The summed E-state index contributed by atoms with van der Waals surface area (Å²) in [4.78, 5) is 92.1. The van der Waals surface area contributed by atoms with Crippen molar-refractivity contribution in [1.82, 2.24) is 29.9 Å². The molecule has 0 saturated carbocycles. The molecule has 0 N–H and O–H groups in total. The molecule has 0 radical (unpaired) electrons. The van der Waals surface area contributed by atoms with E-state index in [0.29, 0.717) is 18.4 Å². The van der Waals surface area contributed by atoms with Crippen LogP contribution in [0.1, 0.15) is 88.5 Å². The van der Waals surface area contributed by atoms with E-state index in [2.05, 4.69) is 29.9 Å². The molecule has 0 bridgehead atoms. The van der Waals surface area contributed by atoms with Crippen molar-refractivity contribution in [3.05, 3.63) is 166 Å². The molecule has 0 saturated heterocycles. The maximum absolute atomic E-state index is 14.0. The third-order valence-corrected chi connectivity index (χ3v) is 6.90. The number of nitrogens with zero attached hydrogens (tertiary/aromatic N) is 6. The summed E-state index contributed by atoms with van der Waals surface area (Å²) in [5.41, 5.74) is 1.03. The molecule has 5 aromatic rings. The predicted molar refractivity (Wildman–Crippen MR) is 163 cm³/mol. The molecule has 0 spiro atoms. The molecule has 1 aliphatic rings. The molecule has 1 aliphatic carbocycles. The molecular formula is C35H22N6O5. The van der Waals surface area contributed by atoms with Gasteiger partial charge in [-0.15, -0.1) is 0 Å². The highest BCUT2D eigenvalue weighted by molar-refractivity contribution is 6.13. The molecule has 6 rings (SSSR count). The lowest BCUT2D eigenvalue weighted by molar-refractivity contribution is 0.100. The van der Waals surface area contributed by atoms with Crippen LogP contribution in [0.5, 0.6) is 0 Å². The smallest absolute Gasteiger partial charge is 0.267 e. The fourth-order valence-electron chi connectivity index (χ4n) is 4.55. The van der Waals surface area contributed by atoms with Gasteiger partial charge >= 0.3 is 0 Å². The Morgan fingerprint density at radius 1 is 0.413 bits per heavy atom. The molecule has 11 nitrogen and oxygen atoms in total. The highest BCUT2D eigenvalue weighted by Crippen LogP contribution is 2.18. The second-order valence-electron chi connectivity index (χ2n) is 10.0. The highest BCUT2D eigenvalue weighted by Gasteiger charge is 2.28. The highest BCUT2D eigenvalue weighted by atomic mass is 16.2. The lowest BCUT2D eigenvalue weighted by Crippen LogP contribution is -2.24. The Balaban J connectivity index is 1.48. The second-order valence-corrected chi connectivity index (χ2v) is 10.0. The van der Waals surface area contributed by atoms with Crippen LogP contribution >= 0.6 is 0 Å². The molecule has 11 heteroatoms. The number of hydrogen-bond acceptors (Lipinski definition) is 11. The largest absolute Gasteiger partial charge is 0.285 e. The first-order chi connectivity index (χ1) is 22.4. The monoisotopic (exact) mass is 606 g/mol. The van der Waals surface area contributed by atoms with E-state index in [4.69, 9.17) is 0 Å². The molecule has 46 heavy (non-hydrogen) atoms. The van der Waals surface area contributed by atoms with Crippen LogP contribution in [0.4, 0.5) is 0 Å². The minimum absolute atomic E-state index is 0.212. The van der Waals surface area contributed by atoms with Gasteiger partial charge in [-0.3, -0.25) is 24.0 Å². The normalized spacial score (nSPS) is 12.2. The third kappa shape index (κ3) is 6.24. The first-order valence-electron chi connectivity index (χ1n) is 14.2. The first kappa shape index (κ1) is 29.6. The average molecular weight is 607 g/mol. The number of allylic oxidation sites excluding steroid dienone is 4.